The third-order valence-corrected chi connectivity index (χ3v) is 3.54. The molecule has 1 heterocycles. The zero-order valence-corrected chi connectivity index (χ0v) is 11.9. The summed E-state index contributed by atoms with van der Waals surface area (Å²) < 4.78 is 0. The topological polar surface area (TPSA) is 29.3 Å². The second kappa shape index (κ2) is 5.71. The van der Waals surface area contributed by atoms with Gasteiger partial charge in [0.2, 0.25) is 0 Å². The SMILES string of the molecule is C=C(N)/C=C\C=C1/CN(c2ccccc2)c2ccccc21. The monoisotopic (exact) mass is 274 g/mol. The minimum absolute atomic E-state index is 0.568. The van der Waals surface area contributed by atoms with Gasteiger partial charge in [-0.2, -0.15) is 0 Å². The molecular weight excluding hydrogens is 256 g/mol. The predicted octanol–water partition coefficient (Wildman–Crippen LogP) is 4.25. The van der Waals surface area contributed by atoms with E-state index in [0.29, 0.717) is 5.70 Å². The summed E-state index contributed by atoms with van der Waals surface area (Å²) in [5.74, 6) is 0. The largest absolute Gasteiger partial charge is 0.399 e. The van der Waals surface area contributed by atoms with Crippen LogP contribution in [0, 0.1) is 0 Å². The van der Waals surface area contributed by atoms with Crippen molar-refractivity contribution in [1.82, 2.24) is 0 Å². The lowest BCUT2D eigenvalue weighted by molar-refractivity contribution is 1.16. The van der Waals surface area contributed by atoms with E-state index in [1.165, 1.54) is 22.5 Å². The van der Waals surface area contributed by atoms with Crippen molar-refractivity contribution < 1.29 is 0 Å². The van der Waals surface area contributed by atoms with Gasteiger partial charge in [0.15, 0.2) is 0 Å². The molecule has 3 rings (SSSR count). The number of benzene rings is 2. The molecule has 1 aliphatic rings. The normalized spacial score (nSPS) is 15.6. The van der Waals surface area contributed by atoms with Gasteiger partial charge in [-0.05, 0) is 29.8 Å². The van der Waals surface area contributed by atoms with Gasteiger partial charge in [0, 0.05) is 29.2 Å². The van der Waals surface area contributed by atoms with Crippen LogP contribution in [0.3, 0.4) is 0 Å². The maximum absolute atomic E-state index is 5.57. The summed E-state index contributed by atoms with van der Waals surface area (Å²) in [6, 6.07) is 18.9. The van der Waals surface area contributed by atoms with Crippen LogP contribution in [0.1, 0.15) is 5.56 Å². The molecule has 0 atom stereocenters. The molecule has 0 aromatic heterocycles. The number of anilines is 2. The first-order valence-corrected chi connectivity index (χ1v) is 6.99. The molecule has 21 heavy (non-hydrogen) atoms. The fourth-order valence-corrected chi connectivity index (χ4v) is 2.59. The standard InChI is InChI=1S/C19H18N2/c1-15(20)8-7-9-16-14-21(17-10-3-2-4-11-17)19-13-6-5-12-18(16)19/h2-13H,1,14,20H2/b8-7-,16-9+. The van der Waals surface area contributed by atoms with Crippen LogP contribution in [0.4, 0.5) is 11.4 Å². The van der Waals surface area contributed by atoms with Crippen molar-refractivity contribution in [3.63, 3.8) is 0 Å². The minimum Gasteiger partial charge on any atom is -0.399 e. The summed E-state index contributed by atoms with van der Waals surface area (Å²) in [6.07, 6.45) is 5.89. The molecule has 2 aromatic carbocycles. The molecule has 0 spiro atoms. The summed E-state index contributed by atoms with van der Waals surface area (Å²) in [4.78, 5) is 2.33. The lowest BCUT2D eigenvalue weighted by atomic mass is 10.1. The maximum Gasteiger partial charge on any atom is 0.0490 e. The van der Waals surface area contributed by atoms with E-state index >= 15 is 0 Å². The highest BCUT2D eigenvalue weighted by Crippen LogP contribution is 2.39. The van der Waals surface area contributed by atoms with Gasteiger partial charge in [0.1, 0.15) is 0 Å². The summed E-state index contributed by atoms with van der Waals surface area (Å²) >= 11 is 0. The summed E-state index contributed by atoms with van der Waals surface area (Å²) in [6.45, 7) is 4.54. The Hall–Kier alpha value is -2.74. The first kappa shape index (κ1) is 13.3. The highest BCUT2D eigenvalue weighted by Gasteiger charge is 2.23. The van der Waals surface area contributed by atoms with Crippen molar-refractivity contribution in [1.29, 1.82) is 0 Å². The Morgan fingerprint density at radius 1 is 1.05 bits per heavy atom. The molecule has 0 amide bonds. The Balaban J connectivity index is 1.99. The average Bonchev–Trinajstić information content (AvgIpc) is 2.87. The first-order chi connectivity index (χ1) is 10.3. The Kier molecular flexibility index (Phi) is 3.61. The van der Waals surface area contributed by atoms with Crippen LogP contribution >= 0.6 is 0 Å². The van der Waals surface area contributed by atoms with Crippen LogP contribution in [-0.4, -0.2) is 6.54 Å². The summed E-state index contributed by atoms with van der Waals surface area (Å²) in [7, 11) is 0. The number of nitrogens with two attached hydrogens (primary N) is 1. The molecule has 1 aliphatic heterocycles. The Morgan fingerprint density at radius 3 is 2.52 bits per heavy atom. The molecule has 2 nitrogen and oxygen atoms in total. The lowest BCUT2D eigenvalue weighted by Crippen LogP contribution is -2.12. The van der Waals surface area contributed by atoms with E-state index in [4.69, 9.17) is 5.73 Å². The number of nitrogens with zero attached hydrogens (tertiary/aromatic N) is 1. The number of fused-ring (bicyclic) bond motifs is 1. The van der Waals surface area contributed by atoms with Crippen molar-refractivity contribution in [3.8, 4) is 0 Å². The summed E-state index contributed by atoms with van der Waals surface area (Å²) in [5, 5.41) is 0. The van der Waals surface area contributed by atoms with Gasteiger partial charge in [-0.15, -0.1) is 0 Å². The van der Waals surface area contributed by atoms with Crippen LogP contribution in [0.25, 0.3) is 5.57 Å². The smallest absolute Gasteiger partial charge is 0.0490 e. The fourth-order valence-electron chi connectivity index (χ4n) is 2.59. The van der Waals surface area contributed by atoms with E-state index in [9.17, 15) is 0 Å². The van der Waals surface area contributed by atoms with Crippen molar-refractivity contribution >= 4 is 16.9 Å². The molecule has 104 valence electrons. The molecule has 2 heteroatoms. The van der Waals surface area contributed by atoms with Crippen molar-refractivity contribution in [3.05, 3.63) is 90.7 Å². The second-order valence-electron chi connectivity index (χ2n) is 5.06. The summed E-state index contributed by atoms with van der Waals surface area (Å²) in [5.41, 5.74) is 11.1. The van der Waals surface area contributed by atoms with Crippen LogP contribution < -0.4 is 10.6 Å². The zero-order chi connectivity index (χ0) is 14.7. The zero-order valence-electron chi connectivity index (χ0n) is 11.9. The highest BCUT2D eigenvalue weighted by atomic mass is 15.2. The van der Waals surface area contributed by atoms with Crippen LogP contribution in [0.2, 0.25) is 0 Å². The number of hydrogen-bond acceptors (Lipinski definition) is 2. The van der Waals surface area contributed by atoms with Gasteiger partial charge in [-0.3, -0.25) is 0 Å². The van der Waals surface area contributed by atoms with Crippen LogP contribution in [-0.2, 0) is 0 Å². The van der Waals surface area contributed by atoms with Crippen molar-refractivity contribution in [2.45, 2.75) is 0 Å². The molecule has 0 bridgehead atoms. The maximum atomic E-state index is 5.57. The fraction of sp³-hybridized carbons (Fsp3) is 0.0526. The van der Waals surface area contributed by atoms with Crippen molar-refractivity contribution in [2.75, 3.05) is 11.4 Å². The van der Waals surface area contributed by atoms with Gasteiger partial charge in [0.05, 0.1) is 0 Å². The highest BCUT2D eigenvalue weighted by molar-refractivity contribution is 5.90. The molecule has 0 saturated heterocycles. The van der Waals surface area contributed by atoms with Crippen molar-refractivity contribution in [2.24, 2.45) is 5.73 Å². The van der Waals surface area contributed by atoms with Gasteiger partial charge < -0.3 is 10.6 Å². The molecule has 2 aromatic rings. The number of hydrogen-bond donors (Lipinski definition) is 1. The van der Waals surface area contributed by atoms with Crippen LogP contribution in [0.5, 0.6) is 0 Å². The number of rotatable bonds is 3. The number of allylic oxidation sites excluding steroid dienone is 3. The third kappa shape index (κ3) is 2.75. The van der Waals surface area contributed by atoms with Gasteiger partial charge in [-0.1, -0.05) is 55.1 Å². The quantitative estimate of drug-likeness (QED) is 0.848. The van der Waals surface area contributed by atoms with E-state index in [0.717, 1.165) is 6.54 Å². The molecule has 0 radical (unpaired) electrons. The Labute approximate surface area is 125 Å². The Morgan fingerprint density at radius 2 is 1.76 bits per heavy atom. The molecule has 0 aliphatic carbocycles. The number of para-hydroxylation sites is 2. The second-order valence-corrected chi connectivity index (χ2v) is 5.06. The molecular formula is C19H18N2. The average molecular weight is 274 g/mol. The molecule has 0 saturated carbocycles. The first-order valence-electron chi connectivity index (χ1n) is 6.99. The molecule has 2 N–H and O–H groups in total. The minimum atomic E-state index is 0.568. The third-order valence-electron chi connectivity index (χ3n) is 3.54. The molecule has 0 unspecified atom stereocenters. The van der Waals surface area contributed by atoms with Crippen LogP contribution in [0.15, 0.2) is 85.1 Å². The van der Waals surface area contributed by atoms with Gasteiger partial charge in [-0.25, -0.2) is 0 Å². The predicted molar refractivity (Wildman–Crippen MR) is 90.3 cm³/mol. The molecule has 0 fully saturated rings. The lowest BCUT2D eigenvalue weighted by Gasteiger charge is -2.18. The van der Waals surface area contributed by atoms with E-state index in [-0.39, 0.29) is 0 Å². The van der Waals surface area contributed by atoms with E-state index in [2.05, 4.69) is 66.1 Å². The van der Waals surface area contributed by atoms with E-state index in [1.807, 2.05) is 18.2 Å². The van der Waals surface area contributed by atoms with Gasteiger partial charge >= 0.3 is 0 Å². The Bertz CT molecular complexity index is 711. The van der Waals surface area contributed by atoms with E-state index < -0.39 is 0 Å². The van der Waals surface area contributed by atoms with Gasteiger partial charge in [0.25, 0.3) is 0 Å². The van der Waals surface area contributed by atoms with E-state index in [1.54, 1.807) is 0 Å².